The lowest BCUT2D eigenvalue weighted by Gasteiger charge is -2.42. The van der Waals surface area contributed by atoms with Crippen LogP contribution in [0.15, 0.2) is 30.3 Å². The Balaban J connectivity index is 1.34. The Hall–Kier alpha value is -2.65. The van der Waals surface area contributed by atoms with Crippen molar-refractivity contribution in [1.29, 1.82) is 0 Å². The molecule has 9 nitrogen and oxygen atoms in total. The summed E-state index contributed by atoms with van der Waals surface area (Å²) in [6, 6.07) is 8.11. The van der Waals surface area contributed by atoms with Gasteiger partial charge in [-0.15, -0.1) is 0 Å². The van der Waals surface area contributed by atoms with E-state index in [9.17, 15) is 19.5 Å². The minimum absolute atomic E-state index is 0.114. The highest BCUT2D eigenvalue weighted by molar-refractivity contribution is 5.88. The van der Waals surface area contributed by atoms with Gasteiger partial charge in [0.15, 0.2) is 5.79 Å². The lowest BCUT2D eigenvalue weighted by atomic mass is 9.80. The van der Waals surface area contributed by atoms with Crippen molar-refractivity contribution in [1.82, 2.24) is 10.2 Å². The Morgan fingerprint density at radius 2 is 1.93 bits per heavy atom. The molecule has 0 aromatic heterocycles. The SMILES string of the molecule is O=C(N[C@H]1CCN([C@H]2CCC3(C[C@H]2C(=O)O)OCCO3)C1=O)OCc1ccccc1. The van der Waals surface area contributed by atoms with E-state index in [0.29, 0.717) is 39.0 Å². The van der Waals surface area contributed by atoms with Gasteiger partial charge in [-0.2, -0.15) is 0 Å². The molecule has 1 aliphatic carbocycles. The van der Waals surface area contributed by atoms with Gasteiger partial charge in [0.2, 0.25) is 5.91 Å². The van der Waals surface area contributed by atoms with Crippen LogP contribution in [0.2, 0.25) is 0 Å². The number of likely N-dealkylation sites (tertiary alicyclic amines) is 1. The fraction of sp³-hybridized carbons (Fsp3) is 0.571. The molecule has 2 heterocycles. The van der Waals surface area contributed by atoms with E-state index in [1.54, 1.807) is 4.90 Å². The maximum Gasteiger partial charge on any atom is 0.408 e. The largest absolute Gasteiger partial charge is 0.481 e. The van der Waals surface area contributed by atoms with Crippen LogP contribution < -0.4 is 5.32 Å². The topological polar surface area (TPSA) is 114 Å². The van der Waals surface area contributed by atoms with Crippen LogP contribution in [-0.4, -0.2) is 65.6 Å². The molecule has 2 aliphatic heterocycles. The third kappa shape index (κ3) is 4.27. The minimum atomic E-state index is -0.968. The van der Waals surface area contributed by atoms with Crippen LogP contribution in [0.1, 0.15) is 31.2 Å². The van der Waals surface area contributed by atoms with Crippen molar-refractivity contribution in [2.24, 2.45) is 5.92 Å². The van der Waals surface area contributed by atoms with Gasteiger partial charge in [0.1, 0.15) is 12.6 Å². The summed E-state index contributed by atoms with van der Waals surface area (Å²) in [5.74, 6) is -2.86. The molecule has 9 heteroatoms. The van der Waals surface area contributed by atoms with Gasteiger partial charge in [-0.05, 0) is 18.4 Å². The van der Waals surface area contributed by atoms with E-state index in [-0.39, 0.29) is 18.9 Å². The zero-order valence-corrected chi connectivity index (χ0v) is 16.6. The molecule has 3 atom stereocenters. The molecule has 0 bridgehead atoms. The van der Waals surface area contributed by atoms with Crippen LogP contribution in [-0.2, 0) is 30.4 Å². The monoisotopic (exact) mass is 418 g/mol. The number of benzene rings is 1. The minimum Gasteiger partial charge on any atom is -0.481 e. The van der Waals surface area contributed by atoms with Crippen LogP contribution in [0.25, 0.3) is 0 Å². The van der Waals surface area contributed by atoms with Crippen molar-refractivity contribution < 1.29 is 33.7 Å². The number of carbonyl (C=O) groups excluding carboxylic acids is 2. The number of nitrogens with zero attached hydrogens (tertiary/aromatic N) is 1. The van der Waals surface area contributed by atoms with Gasteiger partial charge in [-0.3, -0.25) is 9.59 Å². The zero-order valence-electron chi connectivity index (χ0n) is 16.6. The van der Waals surface area contributed by atoms with Gasteiger partial charge < -0.3 is 29.5 Å². The summed E-state index contributed by atoms with van der Waals surface area (Å²) < 4.78 is 16.5. The third-order valence-corrected chi connectivity index (χ3v) is 6.09. The number of nitrogens with one attached hydrogen (secondary N) is 1. The molecular weight excluding hydrogens is 392 g/mol. The second-order valence-corrected chi connectivity index (χ2v) is 7.94. The normalized spacial score (nSPS) is 27.9. The van der Waals surface area contributed by atoms with E-state index >= 15 is 0 Å². The molecule has 30 heavy (non-hydrogen) atoms. The number of carboxylic acids is 1. The average Bonchev–Trinajstić information content (AvgIpc) is 3.34. The third-order valence-electron chi connectivity index (χ3n) is 6.09. The van der Waals surface area contributed by atoms with Crippen molar-refractivity contribution in [2.45, 2.75) is 50.2 Å². The summed E-state index contributed by atoms with van der Waals surface area (Å²) in [7, 11) is 0. The number of aliphatic carboxylic acids is 1. The molecule has 0 unspecified atom stereocenters. The summed E-state index contributed by atoms with van der Waals surface area (Å²) in [6.45, 7) is 1.42. The second-order valence-electron chi connectivity index (χ2n) is 7.94. The molecule has 162 valence electrons. The lowest BCUT2D eigenvalue weighted by Crippen LogP contribution is -2.54. The molecule has 1 aromatic carbocycles. The van der Waals surface area contributed by atoms with Gasteiger partial charge in [-0.1, -0.05) is 30.3 Å². The van der Waals surface area contributed by atoms with Crippen LogP contribution in [0.3, 0.4) is 0 Å². The first-order valence-corrected chi connectivity index (χ1v) is 10.3. The highest BCUT2D eigenvalue weighted by atomic mass is 16.7. The molecule has 3 aliphatic rings. The lowest BCUT2D eigenvalue weighted by molar-refractivity contribution is -0.202. The van der Waals surface area contributed by atoms with Crippen molar-refractivity contribution >= 4 is 18.0 Å². The maximum atomic E-state index is 12.9. The number of hydrogen-bond acceptors (Lipinski definition) is 6. The molecule has 4 rings (SSSR count). The maximum absolute atomic E-state index is 12.9. The van der Waals surface area contributed by atoms with Crippen LogP contribution >= 0.6 is 0 Å². The first-order chi connectivity index (χ1) is 14.5. The number of hydrogen-bond donors (Lipinski definition) is 2. The molecule has 2 N–H and O–H groups in total. The number of carboxylic acid groups (broad SMARTS) is 1. The quantitative estimate of drug-likeness (QED) is 0.745. The number of alkyl carbamates (subject to hydrolysis) is 1. The summed E-state index contributed by atoms with van der Waals surface area (Å²) in [5.41, 5.74) is 0.851. The number of carbonyl (C=O) groups is 3. The standard InChI is InChI=1S/C21H26N2O7/c24-18-16(22-20(27)28-13-14-4-2-1-3-5-14)7-9-23(18)17-6-8-21(29-10-11-30-21)12-15(17)19(25)26/h1-5,15-17H,6-13H2,(H,22,27)(H,25,26)/t15-,16+,17+/m1/s1. The Morgan fingerprint density at radius 3 is 2.63 bits per heavy atom. The first-order valence-electron chi connectivity index (χ1n) is 10.3. The van der Waals surface area contributed by atoms with Gasteiger partial charge in [0.05, 0.1) is 19.1 Å². The predicted molar refractivity (Wildman–Crippen MR) is 103 cm³/mol. The molecular formula is C21H26N2O7. The van der Waals surface area contributed by atoms with Crippen molar-refractivity contribution in [2.75, 3.05) is 19.8 Å². The zero-order chi connectivity index (χ0) is 21.1. The average molecular weight is 418 g/mol. The molecule has 1 saturated carbocycles. The number of rotatable bonds is 5. The van der Waals surface area contributed by atoms with Crippen LogP contribution in [0, 0.1) is 5.92 Å². The first kappa shape index (κ1) is 20.6. The predicted octanol–water partition coefficient (Wildman–Crippen LogP) is 1.51. The van der Waals surface area contributed by atoms with E-state index in [1.165, 1.54) is 0 Å². The van der Waals surface area contributed by atoms with E-state index in [1.807, 2.05) is 30.3 Å². The highest BCUT2D eigenvalue weighted by Crippen LogP contribution is 2.41. The number of ether oxygens (including phenoxy) is 3. The summed E-state index contributed by atoms with van der Waals surface area (Å²) >= 11 is 0. The summed E-state index contributed by atoms with van der Waals surface area (Å²) in [5, 5.41) is 12.4. The molecule has 3 fully saturated rings. The van der Waals surface area contributed by atoms with Crippen molar-refractivity contribution in [3.63, 3.8) is 0 Å². The second kappa shape index (κ2) is 8.61. The Bertz CT molecular complexity index is 794. The Labute approximate surface area is 174 Å². The number of amides is 2. The van der Waals surface area contributed by atoms with E-state index in [0.717, 1.165) is 5.56 Å². The van der Waals surface area contributed by atoms with Crippen LogP contribution in [0.4, 0.5) is 4.79 Å². The summed E-state index contributed by atoms with van der Waals surface area (Å²) in [4.78, 5) is 38.5. The Kier molecular flexibility index (Phi) is 5.92. The molecule has 1 spiro atoms. The van der Waals surface area contributed by atoms with Crippen LogP contribution in [0.5, 0.6) is 0 Å². The fourth-order valence-electron chi connectivity index (χ4n) is 4.60. The smallest absolute Gasteiger partial charge is 0.408 e. The van der Waals surface area contributed by atoms with Gasteiger partial charge in [0, 0.05) is 25.4 Å². The Morgan fingerprint density at radius 1 is 1.20 bits per heavy atom. The van der Waals surface area contributed by atoms with Crippen molar-refractivity contribution in [3.8, 4) is 0 Å². The van der Waals surface area contributed by atoms with Gasteiger partial charge in [0.25, 0.3) is 0 Å². The van der Waals surface area contributed by atoms with E-state index < -0.39 is 35.9 Å². The van der Waals surface area contributed by atoms with E-state index in [2.05, 4.69) is 5.32 Å². The van der Waals surface area contributed by atoms with E-state index in [4.69, 9.17) is 14.2 Å². The summed E-state index contributed by atoms with van der Waals surface area (Å²) in [6.07, 6.45) is 0.995. The fourth-order valence-corrected chi connectivity index (χ4v) is 4.60. The molecule has 1 aromatic rings. The molecule has 2 amide bonds. The van der Waals surface area contributed by atoms with Gasteiger partial charge >= 0.3 is 12.1 Å². The molecule has 2 saturated heterocycles. The molecule has 0 radical (unpaired) electrons. The van der Waals surface area contributed by atoms with Gasteiger partial charge in [-0.25, -0.2) is 4.79 Å². The van der Waals surface area contributed by atoms with Crippen molar-refractivity contribution in [3.05, 3.63) is 35.9 Å². The highest BCUT2D eigenvalue weighted by Gasteiger charge is 2.51.